The third-order valence-electron chi connectivity index (χ3n) is 3.80. The largest absolute Gasteiger partial charge is 0.352 e. The van der Waals surface area contributed by atoms with Crippen LogP contribution in [-0.4, -0.2) is 49.1 Å². The lowest BCUT2D eigenvalue weighted by atomic mass is 9.96. The second-order valence-corrected chi connectivity index (χ2v) is 5.43. The zero-order chi connectivity index (χ0) is 15.0. The van der Waals surface area contributed by atoms with E-state index in [4.69, 9.17) is 5.73 Å². The number of piperidine rings is 1. The normalized spacial score (nSPS) is 17.8. The molecule has 0 radical (unpaired) electrons. The SMILES string of the molecule is CCC[C@@H](NC(N)=O)C(=O)N1CCC(CNCC)CC1. The number of nitrogens with one attached hydrogen (secondary N) is 2. The summed E-state index contributed by atoms with van der Waals surface area (Å²) in [6.45, 7) is 7.65. The van der Waals surface area contributed by atoms with Crippen LogP contribution in [0, 0.1) is 5.92 Å². The molecule has 6 nitrogen and oxygen atoms in total. The molecule has 1 saturated heterocycles. The maximum absolute atomic E-state index is 12.4. The molecule has 0 aromatic carbocycles. The average Bonchev–Trinajstić information content (AvgIpc) is 2.44. The number of hydrogen-bond acceptors (Lipinski definition) is 3. The Hall–Kier alpha value is -1.30. The van der Waals surface area contributed by atoms with E-state index in [1.807, 2.05) is 11.8 Å². The highest BCUT2D eigenvalue weighted by Gasteiger charge is 2.28. The summed E-state index contributed by atoms with van der Waals surface area (Å²) < 4.78 is 0. The number of nitrogens with two attached hydrogens (primary N) is 1. The first-order valence-corrected chi connectivity index (χ1v) is 7.63. The summed E-state index contributed by atoms with van der Waals surface area (Å²) in [5.74, 6) is 0.653. The van der Waals surface area contributed by atoms with Crippen molar-refractivity contribution in [2.75, 3.05) is 26.2 Å². The van der Waals surface area contributed by atoms with E-state index in [-0.39, 0.29) is 5.91 Å². The first-order valence-electron chi connectivity index (χ1n) is 7.63. The number of hydrogen-bond donors (Lipinski definition) is 3. The minimum absolute atomic E-state index is 0.00699. The van der Waals surface area contributed by atoms with Crippen LogP contribution in [0.15, 0.2) is 0 Å². The van der Waals surface area contributed by atoms with E-state index in [0.29, 0.717) is 12.3 Å². The Morgan fingerprint density at radius 2 is 1.95 bits per heavy atom. The maximum atomic E-state index is 12.4. The molecule has 0 saturated carbocycles. The standard InChI is InChI=1S/C14H28N4O2/c1-3-5-12(17-14(15)20)13(19)18-8-6-11(7-9-18)10-16-4-2/h11-12,16H,3-10H2,1-2H3,(H3,15,17,20)/t12-/m1/s1. The molecule has 1 aliphatic heterocycles. The van der Waals surface area contributed by atoms with Gasteiger partial charge in [-0.1, -0.05) is 20.3 Å². The fourth-order valence-corrected chi connectivity index (χ4v) is 2.64. The molecule has 1 heterocycles. The van der Waals surface area contributed by atoms with Gasteiger partial charge in [0, 0.05) is 13.1 Å². The van der Waals surface area contributed by atoms with E-state index >= 15 is 0 Å². The van der Waals surface area contributed by atoms with Crippen molar-refractivity contribution >= 4 is 11.9 Å². The molecule has 116 valence electrons. The van der Waals surface area contributed by atoms with Crippen LogP contribution in [0.3, 0.4) is 0 Å². The molecule has 0 unspecified atom stereocenters. The first-order chi connectivity index (χ1) is 9.58. The van der Waals surface area contributed by atoms with E-state index in [0.717, 1.165) is 45.4 Å². The molecule has 1 fully saturated rings. The van der Waals surface area contributed by atoms with Crippen LogP contribution >= 0.6 is 0 Å². The highest BCUT2D eigenvalue weighted by Crippen LogP contribution is 2.17. The van der Waals surface area contributed by atoms with Gasteiger partial charge in [0.1, 0.15) is 6.04 Å². The first kappa shape index (κ1) is 16.8. The van der Waals surface area contributed by atoms with Crippen molar-refractivity contribution in [3.8, 4) is 0 Å². The molecular weight excluding hydrogens is 256 g/mol. The number of likely N-dealkylation sites (tertiary alicyclic amines) is 1. The topological polar surface area (TPSA) is 87.5 Å². The van der Waals surface area contributed by atoms with Gasteiger partial charge in [-0.2, -0.15) is 0 Å². The fourth-order valence-electron chi connectivity index (χ4n) is 2.64. The summed E-state index contributed by atoms with van der Waals surface area (Å²) in [5, 5.41) is 5.91. The van der Waals surface area contributed by atoms with Crippen LogP contribution in [0.2, 0.25) is 0 Å². The Labute approximate surface area is 121 Å². The maximum Gasteiger partial charge on any atom is 0.312 e. The van der Waals surface area contributed by atoms with Crippen molar-refractivity contribution in [1.29, 1.82) is 0 Å². The van der Waals surface area contributed by atoms with Gasteiger partial charge in [0.05, 0.1) is 0 Å². The molecule has 6 heteroatoms. The number of primary amides is 1. The lowest BCUT2D eigenvalue weighted by Gasteiger charge is -2.34. The van der Waals surface area contributed by atoms with Crippen LogP contribution in [0.1, 0.15) is 39.5 Å². The minimum atomic E-state index is -0.626. The summed E-state index contributed by atoms with van der Waals surface area (Å²) in [5.41, 5.74) is 5.14. The molecule has 0 spiro atoms. The van der Waals surface area contributed by atoms with Crippen LogP contribution < -0.4 is 16.4 Å². The van der Waals surface area contributed by atoms with Crippen LogP contribution in [-0.2, 0) is 4.79 Å². The van der Waals surface area contributed by atoms with Crippen LogP contribution in [0.25, 0.3) is 0 Å². The smallest absolute Gasteiger partial charge is 0.312 e. The summed E-state index contributed by atoms with van der Waals surface area (Å²) in [6, 6.07) is -1.10. The van der Waals surface area contributed by atoms with Gasteiger partial charge in [-0.05, 0) is 38.3 Å². The van der Waals surface area contributed by atoms with Gasteiger partial charge in [0.2, 0.25) is 5.91 Å². The van der Waals surface area contributed by atoms with Crippen molar-refractivity contribution in [3.05, 3.63) is 0 Å². The fraction of sp³-hybridized carbons (Fsp3) is 0.857. The summed E-state index contributed by atoms with van der Waals surface area (Å²) in [4.78, 5) is 25.2. The van der Waals surface area contributed by atoms with E-state index in [1.165, 1.54) is 0 Å². The van der Waals surface area contributed by atoms with Gasteiger partial charge in [-0.15, -0.1) is 0 Å². The van der Waals surface area contributed by atoms with Crippen molar-refractivity contribution < 1.29 is 9.59 Å². The molecule has 1 rings (SSSR count). The van der Waals surface area contributed by atoms with Crippen molar-refractivity contribution in [1.82, 2.24) is 15.5 Å². The van der Waals surface area contributed by atoms with Gasteiger partial charge >= 0.3 is 6.03 Å². The average molecular weight is 284 g/mol. The number of rotatable bonds is 7. The molecule has 3 amide bonds. The third kappa shape index (κ3) is 5.36. The van der Waals surface area contributed by atoms with Crippen LogP contribution in [0.4, 0.5) is 4.79 Å². The number of carbonyl (C=O) groups is 2. The number of nitrogens with zero attached hydrogens (tertiary/aromatic N) is 1. The van der Waals surface area contributed by atoms with Crippen molar-refractivity contribution in [2.24, 2.45) is 11.7 Å². The Kier molecular flexibility index (Phi) is 7.36. The number of urea groups is 1. The van der Waals surface area contributed by atoms with Crippen molar-refractivity contribution in [2.45, 2.75) is 45.6 Å². The van der Waals surface area contributed by atoms with Crippen molar-refractivity contribution in [3.63, 3.8) is 0 Å². The molecular formula is C14H28N4O2. The molecule has 0 bridgehead atoms. The monoisotopic (exact) mass is 284 g/mol. The zero-order valence-corrected chi connectivity index (χ0v) is 12.7. The Morgan fingerprint density at radius 3 is 2.45 bits per heavy atom. The summed E-state index contributed by atoms with van der Waals surface area (Å²) >= 11 is 0. The molecule has 4 N–H and O–H groups in total. The quantitative estimate of drug-likeness (QED) is 0.642. The molecule has 0 aromatic heterocycles. The number of amides is 3. The Balaban J connectivity index is 2.44. The molecule has 0 aliphatic carbocycles. The molecule has 1 atom stereocenters. The predicted molar refractivity (Wildman–Crippen MR) is 79.3 cm³/mol. The minimum Gasteiger partial charge on any atom is -0.352 e. The van der Waals surface area contributed by atoms with E-state index < -0.39 is 12.1 Å². The van der Waals surface area contributed by atoms with E-state index in [1.54, 1.807) is 0 Å². The van der Waals surface area contributed by atoms with Gasteiger partial charge in [0.15, 0.2) is 0 Å². The Bertz CT molecular complexity index is 314. The van der Waals surface area contributed by atoms with Gasteiger partial charge in [-0.25, -0.2) is 4.79 Å². The zero-order valence-electron chi connectivity index (χ0n) is 12.7. The Morgan fingerprint density at radius 1 is 1.30 bits per heavy atom. The lowest BCUT2D eigenvalue weighted by Crippen LogP contribution is -2.52. The second-order valence-electron chi connectivity index (χ2n) is 5.43. The van der Waals surface area contributed by atoms with E-state index in [2.05, 4.69) is 17.6 Å². The van der Waals surface area contributed by atoms with Crippen LogP contribution in [0.5, 0.6) is 0 Å². The molecule has 1 aliphatic rings. The van der Waals surface area contributed by atoms with Gasteiger partial charge < -0.3 is 21.3 Å². The highest BCUT2D eigenvalue weighted by molar-refractivity contribution is 5.86. The molecule has 0 aromatic rings. The lowest BCUT2D eigenvalue weighted by molar-refractivity contribution is -0.134. The summed E-state index contributed by atoms with van der Waals surface area (Å²) in [7, 11) is 0. The van der Waals surface area contributed by atoms with Gasteiger partial charge in [0.25, 0.3) is 0 Å². The van der Waals surface area contributed by atoms with Gasteiger partial charge in [-0.3, -0.25) is 4.79 Å². The second kappa shape index (κ2) is 8.79. The molecule has 20 heavy (non-hydrogen) atoms. The predicted octanol–water partition coefficient (Wildman–Crippen LogP) is 0.672. The summed E-state index contributed by atoms with van der Waals surface area (Å²) in [6.07, 6.45) is 3.52. The number of carbonyl (C=O) groups excluding carboxylic acids is 2. The third-order valence-corrected chi connectivity index (χ3v) is 3.80. The van der Waals surface area contributed by atoms with E-state index in [9.17, 15) is 9.59 Å². The highest BCUT2D eigenvalue weighted by atomic mass is 16.2.